The topological polar surface area (TPSA) is 81.9 Å². The van der Waals surface area contributed by atoms with Crippen LogP contribution in [0.3, 0.4) is 0 Å². The summed E-state index contributed by atoms with van der Waals surface area (Å²) in [5.41, 5.74) is 3.87. The van der Waals surface area contributed by atoms with Gasteiger partial charge in [0.2, 0.25) is 0 Å². The Bertz CT molecular complexity index is 650. The molecule has 1 saturated heterocycles. The highest BCUT2D eigenvalue weighted by atomic mass is 32.2. The maximum Gasteiger partial charge on any atom is 0.150 e. The van der Waals surface area contributed by atoms with Crippen molar-refractivity contribution in [1.82, 2.24) is 0 Å². The maximum absolute atomic E-state index is 11.0. The predicted octanol–water partition coefficient (Wildman–Crippen LogP) is -0.634. The van der Waals surface area contributed by atoms with Crippen LogP contribution in [-0.2, 0) is 10.1 Å². The fraction of sp³-hybridized carbons (Fsp3) is 0.533. The van der Waals surface area contributed by atoms with Gasteiger partial charge in [0.25, 0.3) is 0 Å². The third-order valence-corrected chi connectivity index (χ3v) is 4.93. The molecule has 0 aliphatic carbocycles. The lowest BCUT2D eigenvalue weighted by atomic mass is 10.0. The van der Waals surface area contributed by atoms with Gasteiger partial charge in [-0.25, -0.2) is 8.42 Å². The van der Waals surface area contributed by atoms with Gasteiger partial charge >= 0.3 is 0 Å². The van der Waals surface area contributed by atoms with Crippen molar-refractivity contribution in [3.05, 3.63) is 28.8 Å². The highest BCUT2D eigenvalue weighted by Crippen LogP contribution is 2.23. The summed E-state index contributed by atoms with van der Waals surface area (Å²) in [4.78, 5) is 14.4. The van der Waals surface area contributed by atoms with Crippen LogP contribution in [0.25, 0.3) is 0 Å². The Labute approximate surface area is 131 Å². The molecule has 1 aromatic carbocycles. The first-order chi connectivity index (χ1) is 10.3. The number of anilines is 1. The van der Waals surface area contributed by atoms with Crippen LogP contribution in [0.5, 0.6) is 0 Å². The molecule has 1 heterocycles. The summed E-state index contributed by atoms with van der Waals surface area (Å²) < 4.78 is 32.1. The van der Waals surface area contributed by atoms with Gasteiger partial charge in [-0.2, -0.15) is 0 Å². The normalized spacial score (nSPS) is 16.8. The Morgan fingerprint density at radius 1 is 1.23 bits per heavy atom. The van der Waals surface area contributed by atoms with E-state index in [0.717, 1.165) is 54.2 Å². The second-order valence-electron chi connectivity index (χ2n) is 5.86. The van der Waals surface area contributed by atoms with Gasteiger partial charge in [0.15, 0.2) is 0 Å². The standard InChI is InChI=1S/C15H22N2O4S/c1-12-10-15(13(2)9-14(12)11-18)17-5-3-16(4-6-17)7-8-22(19,20)21/h9-11H,3-8H2,1-2H3,(H,19,20,21). The molecule has 0 atom stereocenters. The number of piperazine rings is 1. The van der Waals surface area contributed by atoms with Crippen LogP contribution in [0, 0.1) is 13.8 Å². The highest BCUT2D eigenvalue weighted by Gasteiger charge is 2.22. The molecule has 0 aromatic heterocycles. The van der Waals surface area contributed by atoms with Crippen molar-refractivity contribution in [1.29, 1.82) is 0 Å². The molecule has 2 rings (SSSR count). The largest absolute Gasteiger partial charge is 0.748 e. The minimum absolute atomic E-state index is 0.297. The average Bonchev–Trinajstić information content (AvgIpc) is 2.47. The summed E-state index contributed by atoms with van der Waals surface area (Å²) in [5.74, 6) is -0.297. The molecular formula is C15H22N2O4S. The molecule has 0 saturated carbocycles. The first-order valence-electron chi connectivity index (χ1n) is 7.38. The number of aldehydes is 1. The molecule has 0 spiro atoms. The van der Waals surface area contributed by atoms with E-state index in [4.69, 9.17) is 0 Å². The zero-order valence-corrected chi connectivity index (χ0v) is 13.8. The summed E-state index contributed by atoms with van der Waals surface area (Å²) in [5, 5.41) is 0. The molecule has 1 aliphatic heterocycles. The molecule has 0 unspecified atom stereocenters. The van der Waals surface area contributed by atoms with Crippen LogP contribution in [0.1, 0.15) is 21.5 Å². The van der Waals surface area contributed by atoms with Crippen molar-refractivity contribution in [2.45, 2.75) is 13.8 Å². The quantitative estimate of drug-likeness (QED) is 0.575. The molecule has 1 aromatic rings. The number of hydrogen-bond acceptors (Lipinski definition) is 5. The molecule has 1 N–H and O–H groups in total. The predicted molar refractivity (Wildman–Crippen MR) is 83.6 cm³/mol. The van der Waals surface area contributed by atoms with E-state index in [2.05, 4.69) is 4.90 Å². The second-order valence-corrected chi connectivity index (χ2v) is 7.39. The van der Waals surface area contributed by atoms with Gasteiger partial charge in [-0.05, 0) is 37.1 Å². The van der Waals surface area contributed by atoms with E-state index in [9.17, 15) is 17.8 Å². The lowest BCUT2D eigenvalue weighted by Crippen LogP contribution is -3.15. The second kappa shape index (κ2) is 6.76. The Hall–Kier alpha value is -1.44. The fourth-order valence-corrected chi connectivity index (χ4v) is 3.41. The number of carbonyl (C=O) groups excluding carboxylic acids is 1. The van der Waals surface area contributed by atoms with E-state index in [0.29, 0.717) is 12.1 Å². The van der Waals surface area contributed by atoms with Crippen molar-refractivity contribution >= 4 is 22.1 Å². The van der Waals surface area contributed by atoms with Gasteiger partial charge < -0.3 is 14.4 Å². The van der Waals surface area contributed by atoms with Crippen molar-refractivity contribution in [2.24, 2.45) is 0 Å². The Kier molecular flexibility index (Phi) is 5.20. The number of carbonyl (C=O) groups is 1. The molecule has 0 radical (unpaired) electrons. The van der Waals surface area contributed by atoms with Gasteiger partial charge in [-0.15, -0.1) is 0 Å². The summed E-state index contributed by atoms with van der Waals surface area (Å²) >= 11 is 0. The minimum atomic E-state index is -4.13. The number of benzene rings is 1. The average molecular weight is 326 g/mol. The van der Waals surface area contributed by atoms with Crippen LogP contribution in [-0.4, -0.2) is 57.7 Å². The van der Waals surface area contributed by atoms with Crippen molar-refractivity contribution < 1.29 is 22.7 Å². The molecule has 1 fully saturated rings. The van der Waals surface area contributed by atoms with E-state index in [1.165, 1.54) is 0 Å². The Balaban J connectivity index is 2.00. The Morgan fingerprint density at radius 3 is 2.41 bits per heavy atom. The summed E-state index contributed by atoms with van der Waals surface area (Å²) in [7, 11) is -4.13. The third kappa shape index (κ3) is 4.28. The molecule has 6 nitrogen and oxygen atoms in total. The lowest BCUT2D eigenvalue weighted by Gasteiger charge is -2.34. The van der Waals surface area contributed by atoms with Gasteiger partial charge in [-0.1, -0.05) is 0 Å². The van der Waals surface area contributed by atoms with E-state index in [1.807, 2.05) is 26.0 Å². The molecule has 22 heavy (non-hydrogen) atoms. The first kappa shape index (κ1) is 16.9. The minimum Gasteiger partial charge on any atom is -0.748 e. The number of nitrogens with zero attached hydrogens (tertiary/aromatic N) is 1. The van der Waals surface area contributed by atoms with Crippen LogP contribution in [0.15, 0.2) is 12.1 Å². The van der Waals surface area contributed by atoms with Crippen LogP contribution >= 0.6 is 0 Å². The summed E-state index contributed by atoms with van der Waals surface area (Å²) in [6.45, 7) is 7.54. The number of hydrogen-bond donors (Lipinski definition) is 1. The number of rotatable bonds is 5. The maximum atomic E-state index is 11.0. The van der Waals surface area contributed by atoms with Gasteiger partial charge in [0.05, 0.1) is 38.5 Å². The highest BCUT2D eigenvalue weighted by molar-refractivity contribution is 7.85. The number of nitrogens with one attached hydrogen (secondary N) is 1. The molecular weight excluding hydrogens is 304 g/mol. The van der Waals surface area contributed by atoms with Crippen LogP contribution in [0.4, 0.5) is 5.69 Å². The van der Waals surface area contributed by atoms with E-state index < -0.39 is 10.1 Å². The van der Waals surface area contributed by atoms with Crippen molar-refractivity contribution in [2.75, 3.05) is 43.4 Å². The third-order valence-electron chi connectivity index (χ3n) is 4.23. The van der Waals surface area contributed by atoms with Crippen LogP contribution < -0.4 is 9.80 Å². The first-order valence-corrected chi connectivity index (χ1v) is 8.96. The number of quaternary nitrogens is 1. The van der Waals surface area contributed by atoms with Crippen LogP contribution in [0.2, 0.25) is 0 Å². The summed E-state index contributed by atoms with van der Waals surface area (Å²) in [6.07, 6.45) is 0.873. The zero-order valence-electron chi connectivity index (χ0n) is 13.0. The van der Waals surface area contributed by atoms with Crippen molar-refractivity contribution in [3.63, 3.8) is 0 Å². The monoisotopic (exact) mass is 326 g/mol. The van der Waals surface area contributed by atoms with Gasteiger partial charge in [-0.3, -0.25) is 4.79 Å². The SMILES string of the molecule is Cc1cc(N2CC[NH+](CCS(=O)(=O)[O-])CC2)c(C)cc1C=O. The summed E-state index contributed by atoms with van der Waals surface area (Å²) in [6, 6.07) is 3.94. The molecule has 122 valence electrons. The molecule has 0 amide bonds. The number of aryl methyl sites for hydroxylation is 2. The molecule has 0 bridgehead atoms. The molecule has 7 heteroatoms. The van der Waals surface area contributed by atoms with Gasteiger partial charge in [0.1, 0.15) is 16.4 Å². The smallest absolute Gasteiger partial charge is 0.150 e. The Morgan fingerprint density at radius 2 is 1.86 bits per heavy atom. The lowest BCUT2D eigenvalue weighted by molar-refractivity contribution is -0.898. The van der Waals surface area contributed by atoms with E-state index in [1.54, 1.807) is 0 Å². The van der Waals surface area contributed by atoms with Crippen molar-refractivity contribution in [3.8, 4) is 0 Å². The fourth-order valence-electron chi connectivity index (χ4n) is 2.87. The van der Waals surface area contributed by atoms with E-state index in [-0.39, 0.29) is 5.75 Å². The van der Waals surface area contributed by atoms with Gasteiger partial charge in [0, 0.05) is 11.3 Å². The zero-order chi connectivity index (χ0) is 16.3. The molecule has 1 aliphatic rings. The van der Waals surface area contributed by atoms with E-state index >= 15 is 0 Å².